The van der Waals surface area contributed by atoms with Crippen molar-refractivity contribution in [2.24, 2.45) is 0 Å². The molecule has 2 aromatic carbocycles. The van der Waals surface area contributed by atoms with Crippen LogP contribution in [0.15, 0.2) is 52.3 Å². The first-order valence-corrected chi connectivity index (χ1v) is 10.2. The van der Waals surface area contributed by atoms with Gasteiger partial charge in [-0.15, -0.1) is 11.8 Å². The lowest BCUT2D eigenvalue weighted by Crippen LogP contribution is -2.35. The summed E-state index contributed by atoms with van der Waals surface area (Å²) in [5, 5.41) is 2.84. The van der Waals surface area contributed by atoms with Crippen LogP contribution in [0.4, 0.5) is 8.78 Å². The van der Waals surface area contributed by atoms with E-state index in [1.807, 2.05) is 0 Å². The zero-order chi connectivity index (χ0) is 19.2. The van der Waals surface area contributed by atoms with Gasteiger partial charge in [-0.25, -0.2) is 21.9 Å². The van der Waals surface area contributed by atoms with Crippen LogP contribution in [-0.4, -0.2) is 33.2 Å². The molecule has 0 aromatic heterocycles. The predicted octanol–water partition coefficient (Wildman–Crippen LogP) is 2.81. The van der Waals surface area contributed by atoms with Crippen LogP contribution in [0.1, 0.15) is 0 Å². The highest BCUT2D eigenvalue weighted by Crippen LogP contribution is 2.20. The van der Waals surface area contributed by atoms with E-state index in [0.29, 0.717) is 9.92 Å². The molecule has 0 aliphatic carbocycles. The molecule has 0 saturated carbocycles. The lowest BCUT2D eigenvalue weighted by molar-refractivity contribution is -0.118. The minimum atomic E-state index is -3.71. The Labute approximate surface area is 159 Å². The SMILES string of the molecule is O=C(CSc1ccc(F)c(F)c1)NCCNS(=O)(=O)c1cccc(Cl)c1. The molecular formula is C16H15ClF2N2O3S2. The standard InChI is InChI=1S/C16H15ClF2N2O3S2/c17-11-2-1-3-13(8-11)26(23,24)21-7-6-20-16(22)10-25-12-4-5-14(18)15(19)9-12/h1-5,8-9,21H,6-7,10H2,(H,20,22). The second-order valence-electron chi connectivity index (χ2n) is 5.07. The van der Waals surface area contributed by atoms with Gasteiger partial charge in [-0.3, -0.25) is 4.79 Å². The smallest absolute Gasteiger partial charge is 0.240 e. The summed E-state index contributed by atoms with van der Waals surface area (Å²) in [5.41, 5.74) is 0. The van der Waals surface area contributed by atoms with Gasteiger partial charge in [0.15, 0.2) is 11.6 Å². The van der Waals surface area contributed by atoms with Crippen LogP contribution < -0.4 is 10.0 Å². The Balaban J connectivity index is 1.73. The Morgan fingerprint density at radius 1 is 1.08 bits per heavy atom. The van der Waals surface area contributed by atoms with E-state index in [0.717, 1.165) is 23.9 Å². The molecule has 2 N–H and O–H groups in total. The van der Waals surface area contributed by atoms with Crippen molar-refractivity contribution in [3.8, 4) is 0 Å². The van der Waals surface area contributed by atoms with Gasteiger partial charge in [-0.2, -0.15) is 0 Å². The average Bonchev–Trinajstić information content (AvgIpc) is 2.60. The van der Waals surface area contributed by atoms with Gasteiger partial charge in [0.05, 0.1) is 10.6 Å². The molecule has 2 rings (SSSR count). The van der Waals surface area contributed by atoms with Crippen LogP contribution in [0.25, 0.3) is 0 Å². The van der Waals surface area contributed by atoms with E-state index >= 15 is 0 Å². The summed E-state index contributed by atoms with van der Waals surface area (Å²) >= 11 is 6.80. The maximum atomic E-state index is 13.1. The van der Waals surface area contributed by atoms with E-state index < -0.39 is 21.7 Å². The third-order valence-corrected chi connectivity index (χ3v) is 5.79. The molecule has 0 aliphatic rings. The fraction of sp³-hybridized carbons (Fsp3) is 0.188. The van der Waals surface area contributed by atoms with Gasteiger partial charge in [0, 0.05) is 23.0 Å². The molecule has 0 atom stereocenters. The van der Waals surface area contributed by atoms with Crippen molar-refractivity contribution in [3.05, 3.63) is 59.1 Å². The summed E-state index contributed by atoms with van der Waals surface area (Å²) < 4.78 is 52.3. The van der Waals surface area contributed by atoms with E-state index in [-0.39, 0.29) is 29.6 Å². The molecule has 0 fully saturated rings. The number of benzene rings is 2. The number of hydrogen-bond acceptors (Lipinski definition) is 4. The fourth-order valence-corrected chi connectivity index (χ4v) is 3.95. The maximum Gasteiger partial charge on any atom is 0.240 e. The summed E-state index contributed by atoms with van der Waals surface area (Å²) in [7, 11) is -3.71. The Morgan fingerprint density at radius 3 is 2.54 bits per heavy atom. The Kier molecular flexibility index (Phi) is 7.39. The first kappa shape index (κ1) is 20.6. The topological polar surface area (TPSA) is 75.3 Å². The van der Waals surface area contributed by atoms with Gasteiger partial charge in [-0.1, -0.05) is 17.7 Å². The molecule has 0 unspecified atom stereocenters. The molecule has 10 heteroatoms. The maximum absolute atomic E-state index is 13.1. The summed E-state index contributed by atoms with van der Waals surface area (Å²) in [4.78, 5) is 12.2. The second-order valence-corrected chi connectivity index (χ2v) is 8.32. The molecule has 0 radical (unpaired) electrons. The number of sulfonamides is 1. The molecule has 5 nitrogen and oxygen atoms in total. The van der Waals surface area contributed by atoms with Crippen molar-refractivity contribution in [1.29, 1.82) is 0 Å². The lowest BCUT2D eigenvalue weighted by atomic mass is 10.3. The van der Waals surface area contributed by atoms with E-state index in [9.17, 15) is 22.0 Å². The summed E-state index contributed by atoms with van der Waals surface area (Å²) in [6.45, 7) is 0.0768. The van der Waals surface area contributed by atoms with Crippen molar-refractivity contribution < 1.29 is 22.0 Å². The van der Waals surface area contributed by atoms with Crippen LogP contribution >= 0.6 is 23.4 Å². The molecule has 140 valence electrons. The molecular weight excluding hydrogens is 406 g/mol. The molecule has 0 aliphatic heterocycles. The van der Waals surface area contributed by atoms with E-state index in [4.69, 9.17) is 11.6 Å². The van der Waals surface area contributed by atoms with Gasteiger partial charge in [0.2, 0.25) is 15.9 Å². The summed E-state index contributed by atoms with van der Waals surface area (Å²) in [6.07, 6.45) is 0. The first-order chi connectivity index (χ1) is 12.3. The summed E-state index contributed by atoms with van der Waals surface area (Å²) in [5.74, 6) is -2.30. The number of hydrogen-bond donors (Lipinski definition) is 2. The predicted molar refractivity (Wildman–Crippen MR) is 96.7 cm³/mol. The van der Waals surface area contributed by atoms with Crippen molar-refractivity contribution in [2.75, 3.05) is 18.8 Å². The third kappa shape index (κ3) is 6.24. The Bertz CT molecular complexity index is 895. The molecule has 0 bridgehead atoms. The fourth-order valence-electron chi connectivity index (χ4n) is 1.87. The van der Waals surface area contributed by atoms with Gasteiger partial charge in [0.1, 0.15) is 0 Å². The van der Waals surface area contributed by atoms with E-state index in [1.54, 1.807) is 6.07 Å². The zero-order valence-electron chi connectivity index (χ0n) is 13.3. The number of amides is 1. The third-order valence-electron chi connectivity index (χ3n) is 3.11. The highest BCUT2D eigenvalue weighted by Gasteiger charge is 2.13. The molecule has 0 spiro atoms. The zero-order valence-corrected chi connectivity index (χ0v) is 15.7. The Hall–Kier alpha value is -1.68. The van der Waals surface area contributed by atoms with Gasteiger partial charge in [-0.05, 0) is 36.4 Å². The van der Waals surface area contributed by atoms with Gasteiger partial charge < -0.3 is 5.32 Å². The van der Waals surface area contributed by atoms with Crippen LogP contribution in [-0.2, 0) is 14.8 Å². The molecule has 2 aromatic rings. The molecule has 1 amide bonds. The van der Waals surface area contributed by atoms with Crippen molar-refractivity contribution in [2.45, 2.75) is 9.79 Å². The largest absolute Gasteiger partial charge is 0.354 e. The molecule has 0 saturated heterocycles. The Morgan fingerprint density at radius 2 is 1.85 bits per heavy atom. The number of halogens is 3. The average molecular weight is 421 g/mol. The van der Waals surface area contributed by atoms with Crippen LogP contribution in [0.2, 0.25) is 5.02 Å². The van der Waals surface area contributed by atoms with Crippen molar-refractivity contribution in [1.82, 2.24) is 10.0 Å². The highest BCUT2D eigenvalue weighted by atomic mass is 35.5. The monoisotopic (exact) mass is 420 g/mol. The number of carbonyl (C=O) groups excluding carboxylic acids is 1. The van der Waals surface area contributed by atoms with Gasteiger partial charge >= 0.3 is 0 Å². The normalized spacial score (nSPS) is 11.3. The minimum absolute atomic E-state index is 0.00354. The van der Waals surface area contributed by atoms with Crippen molar-refractivity contribution in [3.63, 3.8) is 0 Å². The van der Waals surface area contributed by atoms with Gasteiger partial charge in [0.25, 0.3) is 0 Å². The highest BCUT2D eigenvalue weighted by molar-refractivity contribution is 8.00. The number of carbonyl (C=O) groups is 1. The summed E-state index contributed by atoms with van der Waals surface area (Å²) in [6, 6.07) is 9.17. The van der Waals surface area contributed by atoms with E-state index in [1.165, 1.54) is 24.3 Å². The lowest BCUT2D eigenvalue weighted by Gasteiger charge is -2.08. The van der Waals surface area contributed by atoms with Crippen LogP contribution in [0.3, 0.4) is 0 Å². The van der Waals surface area contributed by atoms with Crippen LogP contribution in [0.5, 0.6) is 0 Å². The number of thioether (sulfide) groups is 1. The molecule has 26 heavy (non-hydrogen) atoms. The van der Waals surface area contributed by atoms with Crippen molar-refractivity contribution >= 4 is 39.3 Å². The quantitative estimate of drug-likeness (QED) is 0.508. The van der Waals surface area contributed by atoms with E-state index in [2.05, 4.69) is 10.0 Å². The second kappa shape index (κ2) is 9.31. The first-order valence-electron chi connectivity index (χ1n) is 7.38. The minimum Gasteiger partial charge on any atom is -0.354 e. The molecule has 0 heterocycles. The van der Waals surface area contributed by atoms with Crippen LogP contribution in [0, 0.1) is 11.6 Å². The number of rotatable bonds is 8. The number of nitrogens with one attached hydrogen (secondary N) is 2.